The Morgan fingerprint density at radius 2 is 2.10 bits per heavy atom. The van der Waals surface area contributed by atoms with Gasteiger partial charge in [-0.3, -0.25) is 9.59 Å². The van der Waals surface area contributed by atoms with Crippen molar-refractivity contribution in [3.05, 3.63) is 47.0 Å². The zero-order valence-corrected chi connectivity index (χ0v) is 11.6. The lowest BCUT2D eigenvalue weighted by atomic mass is 9.64. The molecule has 2 heterocycles. The maximum atomic E-state index is 12.2. The van der Waals surface area contributed by atoms with E-state index >= 15 is 0 Å². The van der Waals surface area contributed by atoms with Gasteiger partial charge in [0.2, 0.25) is 0 Å². The van der Waals surface area contributed by atoms with Gasteiger partial charge in [-0.15, -0.1) is 0 Å². The average Bonchev–Trinajstić information content (AvgIpc) is 2.47. The van der Waals surface area contributed by atoms with E-state index in [1.807, 2.05) is 12.1 Å². The van der Waals surface area contributed by atoms with Crippen molar-refractivity contribution in [1.82, 2.24) is 0 Å². The van der Waals surface area contributed by atoms with E-state index in [0.717, 1.165) is 5.56 Å². The van der Waals surface area contributed by atoms with Gasteiger partial charge in [0.25, 0.3) is 0 Å². The Labute approximate surface area is 121 Å². The summed E-state index contributed by atoms with van der Waals surface area (Å²) in [5.74, 6) is -1.41. The highest BCUT2D eigenvalue weighted by Gasteiger charge is 2.59. The molecule has 1 saturated heterocycles. The van der Waals surface area contributed by atoms with Gasteiger partial charge in [0.1, 0.15) is 6.10 Å². The zero-order valence-electron chi connectivity index (χ0n) is 10.8. The van der Waals surface area contributed by atoms with Crippen molar-refractivity contribution >= 4 is 23.5 Å². The van der Waals surface area contributed by atoms with Gasteiger partial charge in [-0.2, -0.15) is 0 Å². The van der Waals surface area contributed by atoms with E-state index in [0.29, 0.717) is 11.4 Å². The molecule has 3 atom stereocenters. The first kappa shape index (κ1) is 13.2. The summed E-state index contributed by atoms with van der Waals surface area (Å²) >= 11 is 5.89. The molecule has 0 N–H and O–H groups in total. The van der Waals surface area contributed by atoms with Crippen LogP contribution < -0.4 is 0 Å². The van der Waals surface area contributed by atoms with Crippen molar-refractivity contribution in [3.63, 3.8) is 0 Å². The number of ether oxygens (including phenoxy) is 2. The second kappa shape index (κ2) is 4.63. The summed E-state index contributed by atoms with van der Waals surface area (Å²) in [5, 5.41) is 0.611. The summed E-state index contributed by atoms with van der Waals surface area (Å²) in [6.45, 7) is 0. The Kier molecular flexibility index (Phi) is 3.05. The van der Waals surface area contributed by atoms with Crippen molar-refractivity contribution < 1.29 is 19.1 Å². The molecule has 5 heteroatoms. The Balaban J connectivity index is 2.10. The number of benzene rings is 1. The summed E-state index contributed by atoms with van der Waals surface area (Å²) in [5.41, 5.74) is -0.497. The highest BCUT2D eigenvalue weighted by molar-refractivity contribution is 6.30. The molecule has 4 nitrogen and oxygen atoms in total. The van der Waals surface area contributed by atoms with Crippen molar-refractivity contribution in [1.29, 1.82) is 0 Å². The number of carbonyl (C=O) groups excluding carboxylic acids is 2. The molecule has 3 aliphatic rings. The maximum absolute atomic E-state index is 12.2. The van der Waals surface area contributed by atoms with Crippen LogP contribution in [0.5, 0.6) is 0 Å². The van der Waals surface area contributed by atoms with Crippen LogP contribution in [0.4, 0.5) is 0 Å². The molecular formula is C15H13ClO4. The Morgan fingerprint density at radius 1 is 1.40 bits per heavy atom. The van der Waals surface area contributed by atoms with Crippen molar-refractivity contribution in [2.45, 2.75) is 18.4 Å². The van der Waals surface area contributed by atoms with E-state index in [2.05, 4.69) is 0 Å². The monoisotopic (exact) mass is 292 g/mol. The van der Waals surface area contributed by atoms with Gasteiger partial charge in [-0.1, -0.05) is 29.8 Å². The predicted octanol–water partition coefficient (Wildman–Crippen LogP) is 2.47. The minimum atomic E-state index is -1.38. The Hall–Kier alpha value is -1.81. The predicted molar refractivity (Wildman–Crippen MR) is 72.3 cm³/mol. The van der Waals surface area contributed by atoms with Crippen LogP contribution in [0.3, 0.4) is 0 Å². The van der Waals surface area contributed by atoms with Crippen LogP contribution in [-0.4, -0.2) is 25.2 Å². The molecule has 4 rings (SSSR count). The molecule has 0 aromatic heterocycles. The van der Waals surface area contributed by atoms with E-state index in [1.165, 1.54) is 7.11 Å². The lowest BCUT2D eigenvalue weighted by Crippen LogP contribution is -2.53. The quantitative estimate of drug-likeness (QED) is 0.477. The van der Waals surface area contributed by atoms with Gasteiger partial charge in [0.15, 0.2) is 5.41 Å². The average molecular weight is 293 g/mol. The Morgan fingerprint density at radius 3 is 2.70 bits per heavy atom. The van der Waals surface area contributed by atoms with Crippen LogP contribution in [0.1, 0.15) is 17.9 Å². The van der Waals surface area contributed by atoms with E-state index in [4.69, 9.17) is 21.1 Å². The molecule has 104 valence electrons. The van der Waals surface area contributed by atoms with Crippen molar-refractivity contribution in [2.24, 2.45) is 5.41 Å². The SMILES string of the molecule is COC(=O)C12C=CC(C[C@H]1c1ccc(Cl)cc1)OC2=O. The van der Waals surface area contributed by atoms with Crippen molar-refractivity contribution in [2.75, 3.05) is 7.11 Å². The molecule has 20 heavy (non-hydrogen) atoms. The minimum absolute atomic E-state index is 0.283. The lowest BCUT2D eigenvalue weighted by molar-refractivity contribution is -0.180. The number of hydrogen-bond acceptors (Lipinski definition) is 4. The van der Waals surface area contributed by atoms with Gasteiger partial charge >= 0.3 is 11.9 Å². The second-order valence-corrected chi connectivity index (χ2v) is 5.44. The molecule has 1 aromatic carbocycles. The fourth-order valence-corrected chi connectivity index (χ4v) is 3.09. The van der Waals surface area contributed by atoms with E-state index in [9.17, 15) is 9.59 Å². The Bertz CT molecular complexity index is 592. The highest BCUT2D eigenvalue weighted by atomic mass is 35.5. The molecule has 1 aliphatic carbocycles. The third-order valence-electron chi connectivity index (χ3n) is 3.98. The van der Waals surface area contributed by atoms with Gasteiger partial charge in [-0.25, -0.2) is 0 Å². The van der Waals surface area contributed by atoms with Crippen LogP contribution >= 0.6 is 11.6 Å². The van der Waals surface area contributed by atoms with Crippen molar-refractivity contribution in [3.8, 4) is 0 Å². The molecule has 1 fully saturated rings. The molecule has 2 unspecified atom stereocenters. The number of esters is 2. The molecule has 0 spiro atoms. The van der Waals surface area contributed by atoms with Gasteiger partial charge in [-0.05, 0) is 30.2 Å². The highest BCUT2D eigenvalue weighted by Crippen LogP contribution is 2.50. The molecular weight excluding hydrogens is 280 g/mol. The lowest BCUT2D eigenvalue weighted by Gasteiger charge is -2.44. The van der Waals surface area contributed by atoms with Crippen LogP contribution in [-0.2, 0) is 19.1 Å². The molecule has 0 radical (unpaired) electrons. The molecule has 2 aliphatic heterocycles. The van der Waals surface area contributed by atoms with Gasteiger partial charge < -0.3 is 9.47 Å². The van der Waals surface area contributed by atoms with Crippen LogP contribution in [0, 0.1) is 5.41 Å². The number of rotatable bonds is 2. The van der Waals surface area contributed by atoms with E-state index < -0.39 is 17.4 Å². The normalized spacial score (nSPS) is 31.0. The van der Waals surface area contributed by atoms with Crippen LogP contribution in [0.15, 0.2) is 36.4 Å². The first-order chi connectivity index (χ1) is 9.57. The standard InChI is InChI=1S/C15H13ClO4/c1-19-13(17)15-7-6-11(20-14(15)18)8-12(15)9-2-4-10(16)5-3-9/h2-7,11-12H,8H2,1H3/t11?,12-,15?/m0/s1. The third-order valence-corrected chi connectivity index (χ3v) is 4.24. The van der Waals surface area contributed by atoms with Gasteiger partial charge in [0.05, 0.1) is 7.11 Å². The summed E-state index contributed by atoms with van der Waals surface area (Å²) in [6.07, 6.45) is 3.66. The summed E-state index contributed by atoms with van der Waals surface area (Å²) in [4.78, 5) is 24.4. The number of carbonyl (C=O) groups is 2. The fraction of sp³-hybridized carbons (Fsp3) is 0.333. The number of methoxy groups -OCH3 is 1. The van der Waals surface area contributed by atoms with E-state index in [1.54, 1.807) is 24.3 Å². The minimum Gasteiger partial charge on any atom is -0.468 e. The topological polar surface area (TPSA) is 52.6 Å². The summed E-state index contributed by atoms with van der Waals surface area (Å²) in [7, 11) is 1.28. The molecule has 0 saturated carbocycles. The summed E-state index contributed by atoms with van der Waals surface area (Å²) in [6, 6.07) is 7.16. The largest absolute Gasteiger partial charge is 0.468 e. The van der Waals surface area contributed by atoms with Crippen LogP contribution in [0.2, 0.25) is 5.02 Å². The maximum Gasteiger partial charge on any atom is 0.328 e. The van der Waals surface area contributed by atoms with E-state index in [-0.39, 0.29) is 12.0 Å². The third kappa shape index (κ3) is 1.75. The molecule has 2 bridgehead atoms. The first-order valence-corrected chi connectivity index (χ1v) is 6.70. The van der Waals surface area contributed by atoms with Gasteiger partial charge in [0, 0.05) is 10.9 Å². The fourth-order valence-electron chi connectivity index (χ4n) is 2.96. The zero-order chi connectivity index (χ0) is 14.3. The molecule has 1 aromatic rings. The smallest absolute Gasteiger partial charge is 0.328 e. The van der Waals surface area contributed by atoms with Crippen LogP contribution in [0.25, 0.3) is 0 Å². The molecule has 0 amide bonds. The summed E-state index contributed by atoms with van der Waals surface area (Å²) < 4.78 is 10.1. The first-order valence-electron chi connectivity index (χ1n) is 6.32. The number of hydrogen-bond donors (Lipinski definition) is 0. The second-order valence-electron chi connectivity index (χ2n) is 5.00. The number of halogens is 1. The number of fused-ring (bicyclic) bond motifs is 2.